The highest BCUT2D eigenvalue weighted by Crippen LogP contribution is 2.43. The van der Waals surface area contributed by atoms with Crippen LogP contribution in [-0.2, 0) is 12.0 Å². The predicted molar refractivity (Wildman–Crippen MR) is 112 cm³/mol. The maximum atomic E-state index is 4.49. The van der Waals surface area contributed by atoms with Gasteiger partial charge in [-0.1, -0.05) is 42.8 Å². The van der Waals surface area contributed by atoms with Crippen molar-refractivity contribution in [2.24, 2.45) is 4.99 Å². The van der Waals surface area contributed by atoms with Gasteiger partial charge in [0.15, 0.2) is 5.96 Å². The monoisotopic (exact) mass is 374 g/mol. The molecule has 1 aromatic carbocycles. The van der Waals surface area contributed by atoms with Crippen LogP contribution >= 0.6 is 0 Å². The maximum absolute atomic E-state index is 4.49. The molecule has 2 N–H and O–H groups in total. The minimum absolute atomic E-state index is 0.229. The van der Waals surface area contributed by atoms with Crippen LogP contribution in [-0.4, -0.2) is 34.1 Å². The third-order valence-corrected chi connectivity index (χ3v) is 5.55. The van der Waals surface area contributed by atoms with Crippen molar-refractivity contribution < 1.29 is 0 Å². The lowest BCUT2D eigenvalue weighted by atomic mass is 9.64. The van der Waals surface area contributed by atoms with Crippen LogP contribution in [0, 0.1) is 0 Å². The van der Waals surface area contributed by atoms with Crippen molar-refractivity contribution in [1.29, 1.82) is 0 Å². The number of pyridine rings is 1. The van der Waals surface area contributed by atoms with Crippen LogP contribution in [0.5, 0.6) is 0 Å². The minimum atomic E-state index is 0.229. The summed E-state index contributed by atoms with van der Waals surface area (Å²) in [6.07, 6.45) is 11.0. The molecule has 4 rings (SSSR count). The summed E-state index contributed by atoms with van der Waals surface area (Å²) in [4.78, 5) is 12.9. The fraction of sp³-hybridized carbons (Fsp3) is 0.318. The molecule has 0 bridgehead atoms. The molecule has 0 aliphatic heterocycles. The van der Waals surface area contributed by atoms with Crippen molar-refractivity contribution in [1.82, 2.24) is 25.2 Å². The number of nitrogens with one attached hydrogen (secondary N) is 2. The van der Waals surface area contributed by atoms with Gasteiger partial charge in [-0.05, 0) is 30.0 Å². The number of aliphatic imine (C=N–C) groups is 1. The van der Waals surface area contributed by atoms with Crippen LogP contribution in [0.2, 0.25) is 0 Å². The Bertz CT molecular complexity index is 896. The van der Waals surface area contributed by atoms with Crippen molar-refractivity contribution in [3.05, 3.63) is 78.5 Å². The number of nitrogens with zero attached hydrogens (tertiary/aromatic N) is 4. The summed E-state index contributed by atoms with van der Waals surface area (Å²) in [5, 5.41) is 6.91. The average molecular weight is 374 g/mol. The average Bonchev–Trinajstić information content (AvgIpc) is 3.25. The Morgan fingerprint density at radius 1 is 1.14 bits per heavy atom. The first kappa shape index (κ1) is 18.2. The van der Waals surface area contributed by atoms with Crippen LogP contribution in [0.3, 0.4) is 0 Å². The second-order valence-electron chi connectivity index (χ2n) is 7.27. The topological polar surface area (TPSA) is 67.1 Å². The molecule has 0 atom stereocenters. The van der Waals surface area contributed by atoms with Gasteiger partial charge in [0.2, 0.25) is 0 Å². The molecular weight excluding hydrogens is 348 g/mol. The lowest BCUT2D eigenvalue weighted by molar-refractivity contribution is 0.244. The zero-order chi connectivity index (χ0) is 19.2. The van der Waals surface area contributed by atoms with Gasteiger partial charge in [0, 0.05) is 44.1 Å². The normalized spacial score (nSPS) is 15.7. The predicted octanol–water partition coefficient (Wildman–Crippen LogP) is 3.05. The van der Waals surface area contributed by atoms with E-state index in [9.17, 15) is 0 Å². The molecule has 0 saturated heterocycles. The van der Waals surface area contributed by atoms with E-state index in [-0.39, 0.29) is 5.41 Å². The van der Waals surface area contributed by atoms with E-state index in [4.69, 9.17) is 0 Å². The Kier molecular flexibility index (Phi) is 5.37. The molecule has 0 radical (unpaired) electrons. The molecule has 6 heteroatoms. The van der Waals surface area contributed by atoms with Gasteiger partial charge in [-0.25, -0.2) is 9.97 Å². The molecule has 0 spiro atoms. The summed E-state index contributed by atoms with van der Waals surface area (Å²) in [7, 11) is 1.81. The summed E-state index contributed by atoms with van der Waals surface area (Å²) >= 11 is 0. The molecule has 2 aromatic heterocycles. The summed E-state index contributed by atoms with van der Waals surface area (Å²) in [6.45, 7) is 1.57. The first-order valence-electron chi connectivity index (χ1n) is 9.72. The molecule has 144 valence electrons. The van der Waals surface area contributed by atoms with Crippen molar-refractivity contribution in [3.63, 3.8) is 0 Å². The van der Waals surface area contributed by atoms with E-state index in [1.807, 2.05) is 30.1 Å². The Morgan fingerprint density at radius 3 is 2.61 bits per heavy atom. The van der Waals surface area contributed by atoms with Gasteiger partial charge in [0.25, 0.3) is 0 Å². The molecule has 1 saturated carbocycles. The molecule has 3 aromatic rings. The lowest BCUT2D eigenvalue weighted by Crippen LogP contribution is -2.48. The molecule has 6 nitrogen and oxygen atoms in total. The Hall–Kier alpha value is -3.15. The number of imidazole rings is 1. The molecule has 1 fully saturated rings. The third-order valence-electron chi connectivity index (χ3n) is 5.55. The molecule has 2 heterocycles. The highest BCUT2D eigenvalue weighted by Gasteiger charge is 2.38. The van der Waals surface area contributed by atoms with Crippen LogP contribution in [0.4, 0.5) is 0 Å². The number of hydrogen-bond donors (Lipinski definition) is 2. The molecular formula is C22H26N6. The van der Waals surface area contributed by atoms with Crippen molar-refractivity contribution >= 4 is 5.96 Å². The zero-order valence-corrected chi connectivity index (χ0v) is 16.2. The summed E-state index contributed by atoms with van der Waals surface area (Å²) < 4.78 is 1.89. The summed E-state index contributed by atoms with van der Waals surface area (Å²) in [5.41, 5.74) is 2.75. The minimum Gasteiger partial charge on any atom is -0.356 e. The first-order valence-corrected chi connectivity index (χ1v) is 9.72. The molecule has 0 unspecified atom stereocenters. The van der Waals surface area contributed by atoms with E-state index in [0.717, 1.165) is 23.9 Å². The van der Waals surface area contributed by atoms with Crippen molar-refractivity contribution in [2.75, 3.05) is 13.6 Å². The second-order valence-corrected chi connectivity index (χ2v) is 7.27. The number of aromatic nitrogens is 3. The first-order chi connectivity index (χ1) is 13.8. The van der Waals surface area contributed by atoms with E-state index < -0.39 is 0 Å². The highest BCUT2D eigenvalue weighted by atomic mass is 15.2. The van der Waals surface area contributed by atoms with Gasteiger partial charge in [0.05, 0.1) is 0 Å². The van der Waals surface area contributed by atoms with E-state index in [0.29, 0.717) is 6.54 Å². The molecule has 0 amide bonds. The summed E-state index contributed by atoms with van der Waals surface area (Å²) in [6, 6.07) is 14.9. The third kappa shape index (κ3) is 3.91. The zero-order valence-electron chi connectivity index (χ0n) is 16.2. The number of hydrogen-bond acceptors (Lipinski definition) is 3. The quantitative estimate of drug-likeness (QED) is 0.514. The van der Waals surface area contributed by atoms with E-state index in [1.165, 1.54) is 24.8 Å². The van der Waals surface area contributed by atoms with Crippen LogP contribution in [0.15, 0.2) is 72.4 Å². The molecule has 1 aliphatic rings. The van der Waals surface area contributed by atoms with E-state index in [1.54, 1.807) is 12.5 Å². The Labute approximate surface area is 165 Å². The fourth-order valence-corrected chi connectivity index (χ4v) is 3.69. The van der Waals surface area contributed by atoms with Gasteiger partial charge in [0.1, 0.15) is 12.1 Å². The van der Waals surface area contributed by atoms with Gasteiger partial charge in [-0.15, -0.1) is 0 Å². The van der Waals surface area contributed by atoms with Crippen LogP contribution in [0.25, 0.3) is 5.82 Å². The number of benzene rings is 1. The van der Waals surface area contributed by atoms with Gasteiger partial charge in [-0.2, -0.15) is 0 Å². The molecule has 28 heavy (non-hydrogen) atoms. The van der Waals surface area contributed by atoms with Crippen molar-refractivity contribution in [3.8, 4) is 5.82 Å². The summed E-state index contributed by atoms with van der Waals surface area (Å²) in [5.74, 6) is 1.68. The lowest BCUT2D eigenvalue weighted by Gasteiger charge is -2.43. The van der Waals surface area contributed by atoms with Crippen molar-refractivity contribution in [2.45, 2.75) is 31.2 Å². The Morgan fingerprint density at radius 2 is 2.00 bits per heavy atom. The molecule has 1 aliphatic carbocycles. The van der Waals surface area contributed by atoms with Crippen LogP contribution < -0.4 is 10.6 Å². The standard InChI is InChI=1S/C22H26N6/c1-23-21(27-16-22(10-5-11-22)19-6-3-2-4-7-19)26-15-18-8-9-20(25-14-18)28-13-12-24-17-28/h2-4,6-9,12-14,17H,5,10-11,15-16H2,1H3,(H2,23,26,27). The SMILES string of the molecule is CN=C(NCc1ccc(-n2ccnc2)nc1)NCC1(c2ccccc2)CCC1. The van der Waals surface area contributed by atoms with Crippen LogP contribution in [0.1, 0.15) is 30.4 Å². The van der Waals surface area contributed by atoms with E-state index >= 15 is 0 Å². The van der Waals surface area contributed by atoms with E-state index in [2.05, 4.69) is 62.0 Å². The number of rotatable bonds is 6. The van der Waals surface area contributed by atoms with Gasteiger partial charge in [-0.3, -0.25) is 9.56 Å². The maximum Gasteiger partial charge on any atom is 0.191 e. The van der Waals surface area contributed by atoms with Gasteiger partial charge >= 0.3 is 0 Å². The highest BCUT2D eigenvalue weighted by molar-refractivity contribution is 5.79. The van der Waals surface area contributed by atoms with Gasteiger partial charge < -0.3 is 10.6 Å². The Balaban J connectivity index is 1.33. The largest absolute Gasteiger partial charge is 0.356 e. The smallest absolute Gasteiger partial charge is 0.191 e. The second kappa shape index (κ2) is 8.25. The number of guanidine groups is 1. The fourth-order valence-electron chi connectivity index (χ4n) is 3.69.